The van der Waals surface area contributed by atoms with Crippen molar-refractivity contribution in [3.63, 3.8) is 0 Å². The number of aryl methyl sites for hydroxylation is 1. The smallest absolute Gasteiger partial charge is 0.330 e. The van der Waals surface area contributed by atoms with Crippen molar-refractivity contribution in [3.8, 4) is 0 Å². The van der Waals surface area contributed by atoms with E-state index >= 15 is 0 Å². The molecular weight excluding hydrogens is 266 g/mol. The number of carbonyl (C=O) groups is 1. The number of nitrogens with zero attached hydrogens (tertiary/aromatic N) is 2. The third kappa shape index (κ3) is 3.31. The number of hydrogen-bond acceptors (Lipinski definition) is 3. The Morgan fingerprint density at radius 1 is 1.38 bits per heavy atom. The predicted molar refractivity (Wildman–Crippen MR) is 81.0 cm³/mol. The van der Waals surface area contributed by atoms with Gasteiger partial charge in [-0.3, -0.25) is 10.00 Å². The molecule has 0 saturated carbocycles. The van der Waals surface area contributed by atoms with Crippen LogP contribution < -0.4 is 5.32 Å². The van der Waals surface area contributed by atoms with Crippen molar-refractivity contribution in [2.75, 3.05) is 0 Å². The SMILES string of the molecule is Cc1cnn(CC(NC(C)C)(C(=O)O)c2ccccc2)c1. The Labute approximate surface area is 124 Å². The van der Waals surface area contributed by atoms with Gasteiger partial charge in [-0.2, -0.15) is 5.10 Å². The largest absolute Gasteiger partial charge is 0.480 e. The monoisotopic (exact) mass is 287 g/mol. The third-order valence-corrected chi connectivity index (χ3v) is 3.33. The van der Waals surface area contributed by atoms with E-state index in [1.807, 2.05) is 57.3 Å². The molecule has 2 N–H and O–H groups in total. The highest BCUT2D eigenvalue weighted by atomic mass is 16.4. The van der Waals surface area contributed by atoms with Gasteiger partial charge in [-0.05, 0) is 31.9 Å². The lowest BCUT2D eigenvalue weighted by Gasteiger charge is -2.33. The third-order valence-electron chi connectivity index (χ3n) is 3.33. The lowest BCUT2D eigenvalue weighted by molar-refractivity contribution is -0.146. The van der Waals surface area contributed by atoms with Gasteiger partial charge >= 0.3 is 5.97 Å². The molecule has 5 heteroatoms. The van der Waals surface area contributed by atoms with Gasteiger partial charge in [0.15, 0.2) is 5.54 Å². The van der Waals surface area contributed by atoms with E-state index in [-0.39, 0.29) is 12.6 Å². The van der Waals surface area contributed by atoms with Crippen molar-refractivity contribution >= 4 is 5.97 Å². The number of hydrogen-bond donors (Lipinski definition) is 2. The van der Waals surface area contributed by atoms with E-state index < -0.39 is 11.5 Å². The van der Waals surface area contributed by atoms with Crippen LogP contribution in [0.3, 0.4) is 0 Å². The number of carboxylic acids is 1. The van der Waals surface area contributed by atoms with E-state index in [0.29, 0.717) is 0 Å². The van der Waals surface area contributed by atoms with Gasteiger partial charge in [0.1, 0.15) is 0 Å². The van der Waals surface area contributed by atoms with E-state index in [1.54, 1.807) is 10.9 Å². The quantitative estimate of drug-likeness (QED) is 0.854. The molecule has 1 aromatic heterocycles. The Morgan fingerprint density at radius 2 is 2.05 bits per heavy atom. The molecule has 0 saturated heterocycles. The van der Waals surface area contributed by atoms with Crippen molar-refractivity contribution in [1.29, 1.82) is 0 Å². The van der Waals surface area contributed by atoms with Gasteiger partial charge in [0.25, 0.3) is 0 Å². The van der Waals surface area contributed by atoms with Crippen LogP contribution in [0.2, 0.25) is 0 Å². The molecule has 1 atom stereocenters. The number of aromatic nitrogens is 2. The van der Waals surface area contributed by atoms with Crippen molar-refractivity contribution in [1.82, 2.24) is 15.1 Å². The van der Waals surface area contributed by atoms with Crippen LogP contribution in [0.1, 0.15) is 25.0 Å². The summed E-state index contributed by atoms with van der Waals surface area (Å²) >= 11 is 0. The average Bonchev–Trinajstić information content (AvgIpc) is 2.83. The molecule has 112 valence electrons. The molecule has 0 amide bonds. The first-order chi connectivity index (χ1) is 9.94. The maximum Gasteiger partial charge on any atom is 0.330 e. The average molecular weight is 287 g/mol. The number of aliphatic carboxylic acids is 1. The molecule has 2 rings (SSSR count). The van der Waals surface area contributed by atoms with E-state index in [4.69, 9.17) is 0 Å². The maximum atomic E-state index is 12.1. The Bertz CT molecular complexity index is 607. The van der Waals surface area contributed by atoms with Crippen LogP contribution in [0.15, 0.2) is 42.7 Å². The molecule has 0 radical (unpaired) electrons. The van der Waals surface area contributed by atoms with Crippen LogP contribution in [0, 0.1) is 6.92 Å². The second-order valence-corrected chi connectivity index (χ2v) is 5.59. The zero-order valence-electron chi connectivity index (χ0n) is 12.6. The van der Waals surface area contributed by atoms with Gasteiger partial charge in [0, 0.05) is 12.2 Å². The molecule has 0 aliphatic heterocycles. The van der Waals surface area contributed by atoms with E-state index in [2.05, 4.69) is 10.4 Å². The Hall–Kier alpha value is -2.14. The van der Waals surface area contributed by atoms with Crippen LogP contribution in [0.25, 0.3) is 0 Å². The number of carboxylic acid groups (broad SMARTS) is 1. The van der Waals surface area contributed by atoms with Crippen LogP contribution in [0.4, 0.5) is 0 Å². The lowest BCUT2D eigenvalue weighted by Crippen LogP contribution is -2.54. The summed E-state index contributed by atoms with van der Waals surface area (Å²) < 4.78 is 1.67. The molecule has 0 fully saturated rings. The first kappa shape index (κ1) is 15.3. The molecule has 1 aromatic carbocycles. The minimum Gasteiger partial charge on any atom is -0.480 e. The summed E-state index contributed by atoms with van der Waals surface area (Å²) in [4.78, 5) is 12.1. The highest BCUT2D eigenvalue weighted by Gasteiger charge is 2.41. The summed E-state index contributed by atoms with van der Waals surface area (Å²) in [6, 6.07) is 9.27. The summed E-state index contributed by atoms with van der Waals surface area (Å²) in [5, 5.41) is 17.3. The minimum atomic E-state index is -1.20. The molecule has 1 unspecified atom stereocenters. The molecule has 1 heterocycles. The molecule has 0 aliphatic rings. The Balaban J connectivity index is 2.48. The summed E-state index contributed by atoms with van der Waals surface area (Å²) in [6.45, 7) is 6.05. The first-order valence-electron chi connectivity index (χ1n) is 7.00. The van der Waals surface area contributed by atoms with Crippen LogP contribution in [-0.2, 0) is 16.9 Å². The molecule has 0 aliphatic carbocycles. The van der Waals surface area contributed by atoms with Crippen molar-refractivity contribution in [3.05, 3.63) is 53.9 Å². The molecule has 2 aromatic rings. The van der Waals surface area contributed by atoms with Crippen molar-refractivity contribution < 1.29 is 9.90 Å². The lowest BCUT2D eigenvalue weighted by atomic mass is 9.89. The zero-order chi connectivity index (χ0) is 15.5. The predicted octanol–water partition coefficient (Wildman–Crippen LogP) is 2.17. The number of benzene rings is 1. The molecule has 5 nitrogen and oxygen atoms in total. The molecule has 21 heavy (non-hydrogen) atoms. The standard InChI is InChI=1S/C16H21N3O2/c1-12(2)18-16(15(20)21,14-7-5-4-6-8-14)11-19-10-13(3)9-17-19/h4-10,12,18H,11H2,1-3H3,(H,20,21). The van der Waals surface area contributed by atoms with Gasteiger partial charge < -0.3 is 5.11 Å². The Morgan fingerprint density at radius 3 is 2.52 bits per heavy atom. The fourth-order valence-corrected chi connectivity index (χ4v) is 2.48. The molecular formula is C16H21N3O2. The number of rotatable bonds is 6. The summed E-state index contributed by atoms with van der Waals surface area (Å²) in [5.74, 6) is -0.907. The highest BCUT2D eigenvalue weighted by Crippen LogP contribution is 2.25. The Kier molecular flexibility index (Phi) is 4.43. The van der Waals surface area contributed by atoms with Crippen LogP contribution >= 0.6 is 0 Å². The fourth-order valence-electron chi connectivity index (χ4n) is 2.48. The van der Waals surface area contributed by atoms with Gasteiger partial charge in [-0.25, -0.2) is 4.79 Å². The van der Waals surface area contributed by atoms with Gasteiger partial charge in [-0.1, -0.05) is 30.3 Å². The topological polar surface area (TPSA) is 67.2 Å². The summed E-state index contributed by atoms with van der Waals surface area (Å²) in [5.41, 5.74) is 0.528. The van der Waals surface area contributed by atoms with Gasteiger partial charge in [0.05, 0.1) is 12.7 Å². The van der Waals surface area contributed by atoms with Crippen molar-refractivity contribution in [2.45, 2.75) is 38.9 Å². The van der Waals surface area contributed by atoms with E-state index in [1.165, 1.54) is 0 Å². The maximum absolute atomic E-state index is 12.1. The summed E-state index contributed by atoms with van der Waals surface area (Å²) in [7, 11) is 0. The molecule has 0 bridgehead atoms. The number of nitrogens with one attached hydrogen (secondary N) is 1. The second kappa shape index (κ2) is 6.10. The van der Waals surface area contributed by atoms with Gasteiger partial charge in [-0.15, -0.1) is 0 Å². The zero-order valence-corrected chi connectivity index (χ0v) is 12.6. The second-order valence-electron chi connectivity index (χ2n) is 5.59. The molecule has 0 spiro atoms. The normalized spacial score (nSPS) is 14.1. The van der Waals surface area contributed by atoms with Gasteiger partial charge in [0.2, 0.25) is 0 Å². The fraction of sp³-hybridized carbons (Fsp3) is 0.375. The minimum absolute atomic E-state index is 0.0259. The van der Waals surface area contributed by atoms with Crippen LogP contribution in [0.5, 0.6) is 0 Å². The van der Waals surface area contributed by atoms with Crippen LogP contribution in [-0.4, -0.2) is 26.9 Å². The van der Waals surface area contributed by atoms with E-state index in [9.17, 15) is 9.90 Å². The van der Waals surface area contributed by atoms with E-state index in [0.717, 1.165) is 11.1 Å². The first-order valence-corrected chi connectivity index (χ1v) is 7.00. The van der Waals surface area contributed by atoms with Crippen molar-refractivity contribution in [2.24, 2.45) is 0 Å². The highest BCUT2D eigenvalue weighted by molar-refractivity contribution is 5.80. The summed E-state index contributed by atoms with van der Waals surface area (Å²) in [6.07, 6.45) is 3.58.